The third-order valence-corrected chi connectivity index (χ3v) is 9.40. The first-order chi connectivity index (χ1) is 20.1. The predicted octanol–water partition coefficient (Wildman–Crippen LogP) is -0.418. The molecule has 8 N–H and O–H groups in total. The highest BCUT2D eigenvalue weighted by atomic mass is 31.2. The molecular weight excluding hydrogens is 614 g/mol. The van der Waals surface area contributed by atoms with Gasteiger partial charge in [0.15, 0.2) is 12.1 Å². The first-order valence-electron chi connectivity index (χ1n) is 13.1. The highest BCUT2D eigenvalue weighted by Crippen LogP contribution is 2.58. The van der Waals surface area contributed by atoms with E-state index in [2.05, 4.69) is 10.3 Å². The van der Waals surface area contributed by atoms with Gasteiger partial charge in [0.1, 0.15) is 24.1 Å². The number of nitrogens with one attached hydrogen (secondary N) is 1. The minimum Gasteiger partial charge on any atom is -0.387 e. The highest BCUT2D eigenvalue weighted by Gasteiger charge is 2.50. The Morgan fingerprint density at radius 2 is 1.86 bits per heavy atom. The summed E-state index contributed by atoms with van der Waals surface area (Å²) in [4.78, 5) is 57.9. The van der Waals surface area contributed by atoms with Gasteiger partial charge in [-0.1, -0.05) is 30.3 Å². The molecular formula is C24H34N4O13P2. The van der Waals surface area contributed by atoms with Crippen LogP contribution in [0.3, 0.4) is 0 Å². The summed E-state index contributed by atoms with van der Waals surface area (Å²) in [7, 11) is -10.4. The van der Waals surface area contributed by atoms with E-state index in [1.807, 2.05) is 30.3 Å². The van der Waals surface area contributed by atoms with Gasteiger partial charge in [0.25, 0.3) is 0 Å². The highest BCUT2D eigenvalue weighted by molar-refractivity contribution is 7.54. The molecule has 2 aromatic rings. The lowest BCUT2D eigenvalue weighted by molar-refractivity contribution is -0.120. The van der Waals surface area contributed by atoms with Gasteiger partial charge < -0.3 is 45.4 Å². The minimum atomic E-state index is -5.22. The number of phosphoric ester groups is 1. The number of carbonyl (C=O) groups is 1. The molecule has 1 saturated carbocycles. The number of aliphatic hydroxyl groups excluding tert-OH is 2. The number of anilines is 1. The van der Waals surface area contributed by atoms with E-state index in [-0.39, 0.29) is 25.3 Å². The number of phosphoric acid groups is 1. The number of hydrogen-bond acceptors (Lipinski definition) is 12. The molecule has 2 fully saturated rings. The molecule has 1 saturated heterocycles. The molecule has 2 unspecified atom stereocenters. The van der Waals surface area contributed by atoms with Gasteiger partial charge in [-0.2, -0.15) is 4.98 Å². The topological polar surface area (TPSA) is 262 Å². The van der Waals surface area contributed by atoms with Crippen molar-refractivity contribution in [1.82, 2.24) is 14.9 Å². The van der Waals surface area contributed by atoms with Crippen LogP contribution in [0.25, 0.3) is 0 Å². The molecule has 43 heavy (non-hydrogen) atoms. The average Bonchev–Trinajstić information content (AvgIpc) is 3.44. The number of nitrogens with zero attached hydrogens (tertiary/aromatic N) is 2. The Labute approximate surface area is 245 Å². The molecule has 0 bridgehead atoms. The van der Waals surface area contributed by atoms with Crippen LogP contribution in [0, 0.1) is 5.92 Å². The van der Waals surface area contributed by atoms with Crippen LogP contribution in [0.15, 0.2) is 47.4 Å². The summed E-state index contributed by atoms with van der Waals surface area (Å²) in [6.45, 7) is 0.553. The van der Waals surface area contributed by atoms with Crippen molar-refractivity contribution in [2.24, 2.45) is 5.92 Å². The number of ether oxygens (including phenoxy) is 2. The third kappa shape index (κ3) is 8.56. The van der Waals surface area contributed by atoms with Crippen molar-refractivity contribution in [1.29, 1.82) is 0 Å². The molecule has 4 rings (SSSR count). The van der Waals surface area contributed by atoms with Gasteiger partial charge in [-0.3, -0.25) is 23.0 Å². The second-order valence-corrected chi connectivity index (χ2v) is 13.4. The van der Waals surface area contributed by atoms with E-state index in [0.717, 1.165) is 10.1 Å². The fourth-order valence-corrected chi connectivity index (χ4v) is 7.60. The second kappa shape index (κ2) is 13.6. The van der Waals surface area contributed by atoms with Crippen LogP contribution in [0.4, 0.5) is 5.82 Å². The van der Waals surface area contributed by atoms with Crippen molar-refractivity contribution in [2.75, 3.05) is 12.3 Å². The molecule has 9 atom stereocenters. The zero-order valence-corrected chi connectivity index (χ0v) is 24.6. The Morgan fingerprint density at radius 3 is 2.49 bits per heavy atom. The van der Waals surface area contributed by atoms with E-state index in [9.17, 15) is 43.6 Å². The minimum absolute atomic E-state index is 0.0315. The molecule has 238 valence electrons. The molecule has 1 aliphatic heterocycles. The van der Waals surface area contributed by atoms with E-state index in [0.29, 0.717) is 0 Å². The Morgan fingerprint density at radius 1 is 1.16 bits per heavy atom. The summed E-state index contributed by atoms with van der Waals surface area (Å²) in [5.41, 5.74) is 5.38. The Bertz CT molecular complexity index is 1420. The molecule has 0 spiro atoms. The normalized spacial score (nSPS) is 29.7. The van der Waals surface area contributed by atoms with E-state index < -0.39 is 82.1 Å². The zero-order valence-electron chi connectivity index (χ0n) is 22.9. The molecule has 1 amide bonds. The number of nitrogen functional groups attached to an aromatic ring is 1. The maximum Gasteiger partial charge on any atom is 0.473 e. The Balaban J connectivity index is 1.42. The number of nitrogens with two attached hydrogens (primary N) is 1. The third-order valence-electron chi connectivity index (χ3n) is 7.08. The Hall–Kier alpha value is -2.53. The van der Waals surface area contributed by atoms with Crippen molar-refractivity contribution in [3.63, 3.8) is 0 Å². The lowest BCUT2D eigenvalue weighted by atomic mass is 10.1. The first-order valence-corrected chi connectivity index (χ1v) is 16.3. The van der Waals surface area contributed by atoms with Crippen LogP contribution in [0.1, 0.15) is 31.6 Å². The van der Waals surface area contributed by atoms with Gasteiger partial charge in [-0.25, -0.2) is 9.36 Å². The van der Waals surface area contributed by atoms with Crippen LogP contribution < -0.4 is 16.7 Å². The van der Waals surface area contributed by atoms with E-state index >= 15 is 0 Å². The molecule has 0 radical (unpaired) electrons. The fraction of sp³-hybridized carbons (Fsp3) is 0.542. The number of aliphatic hydroxyl groups is 2. The summed E-state index contributed by atoms with van der Waals surface area (Å²) in [6, 6.07) is 9.66. The van der Waals surface area contributed by atoms with E-state index in [1.54, 1.807) is 0 Å². The summed E-state index contributed by atoms with van der Waals surface area (Å²) in [5, 5.41) is 23.4. The van der Waals surface area contributed by atoms with Gasteiger partial charge in [-0.05, 0) is 24.5 Å². The standard InChI is InChI=1S/C24H34N4O13P2/c1-13(29)26-16-9-15(10-17(16)38-11-14-5-3-2-4-6-14)23(42(33,34)35)41-43(36,37)39-12-18-20(30)21(31)22(40-18)28-8-7-19(25)27-24(28)32/h2-8,15-18,20-23,30-31H,9-12H2,1H3,(H,26,29)(H,36,37)(H2,25,27,32)(H2,33,34,35)/t15-,16+,17-,18-,20-,21-,22-,23?/m1/s1. The van der Waals surface area contributed by atoms with Crippen molar-refractivity contribution in [3.05, 3.63) is 58.6 Å². The lowest BCUT2D eigenvalue weighted by Gasteiger charge is -2.27. The van der Waals surface area contributed by atoms with Crippen LogP contribution in [0.2, 0.25) is 0 Å². The second-order valence-electron chi connectivity index (χ2n) is 10.3. The van der Waals surface area contributed by atoms with Gasteiger partial charge in [0.2, 0.25) is 5.91 Å². The van der Waals surface area contributed by atoms with Crippen molar-refractivity contribution in [3.8, 4) is 0 Å². The molecule has 2 aliphatic rings. The molecule has 1 aromatic heterocycles. The van der Waals surface area contributed by atoms with Crippen molar-refractivity contribution in [2.45, 2.75) is 68.9 Å². The summed E-state index contributed by atoms with van der Waals surface area (Å²) in [6.07, 6.45) is -5.85. The largest absolute Gasteiger partial charge is 0.473 e. The molecule has 2 heterocycles. The first kappa shape index (κ1) is 33.4. The quantitative estimate of drug-likeness (QED) is 0.144. The molecule has 1 aromatic carbocycles. The van der Waals surface area contributed by atoms with Crippen molar-refractivity contribution < 1.29 is 57.3 Å². The summed E-state index contributed by atoms with van der Waals surface area (Å²) >= 11 is 0. The van der Waals surface area contributed by atoms with Gasteiger partial charge in [0.05, 0.1) is 25.4 Å². The van der Waals surface area contributed by atoms with Gasteiger partial charge >= 0.3 is 21.1 Å². The summed E-state index contributed by atoms with van der Waals surface area (Å²) < 4.78 is 47.4. The Kier molecular flexibility index (Phi) is 10.6. The molecule has 1 aliphatic carbocycles. The fourth-order valence-electron chi connectivity index (χ4n) is 5.12. The van der Waals surface area contributed by atoms with Crippen LogP contribution in [0.5, 0.6) is 0 Å². The maximum absolute atomic E-state index is 12.9. The van der Waals surface area contributed by atoms with Gasteiger partial charge in [-0.15, -0.1) is 0 Å². The maximum atomic E-state index is 12.9. The van der Waals surface area contributed by atoms with Crippen LogP contribution in [-0.2, 0) is 39.1 Å². The van der Waals surface area contributed by atoms with Crippen LogP contribution >= 0.6 is 15.4 Å². The SMILES string of the molecule is CC(=O)N[C@H]1C[C@@H](C(OP(=O)(O)OC[C@H]2O[C@@H](n3ccc(N)nc3=O)[C@H](O)[C@@H]2O)P(=O)(O)O)C[C@H]1OCc1ccccc1. The van der Waals surface area contributed by atoms with E-state index in [1.165, 1.54) is 19.2 Å². The number of hydrogen-bond donors (Lipinski definition) is 7. The summed E-state index contributed by atoms with van der Waals surface area (Å²) in [5.74, 6) is -3.65. The molecule has 19 heteroatoms. The van der Waals surface area contributed by atoms with Crippen LogP contribution in [-0.4, -0.2) is 83.3 Å². The van der Waals surface area contributed by atoms with Crippen molar-refractivity contribution >= 4 is 27.1 Å². The monoisotopic (exact) mass is 648 g/mol. The van der Waals surface area contributed by atoms with Gasteiger partial charge in [0, 0.05) is 19.0 Å². The number of benzene rings is 1. The van der Waals surface area contributed by atoms with E-state index in [4.69, 9.17) is 24.3 Å². The zero-order chi connectivity index (χ0) is 31.5. The number of aromatic nitrogens is 2. The molecule has 17 nitrogen and oxygen atoms in total. The number of rotatable bonds is 12. The number of amides is 1. The predicted molar refractivity (Wildman–Crippen MR) is 147 cm³/mol. The average molecular weight is 648 g/mol. The lowest BCUT2D eigenvalue weighted by Crippen LogP contribution is -2.40. The smallest absolute Gasteiger partial charge is 0.387 e. The number of carbonyl (C=O) groups excluding carboxylic acids is 1.